The number of piperidine rings is 1. The summed E-state index contributed by atoms with van der Waals surface area (Å²) in [7, 11) is 0. The molecule has 1 aliphatic heterocycles. The number of rotatable bonds is 6. The van der Waals surface area contributed by atoms with Crippen molar-refractivity contribution in [2.75, 3.05) is 26.2 Å². The second-order valence-electron chi connectivity index (χ2n) is 7.38. The standard InChI is InChI=1S/C22H31N5O2/c1-4-24-22(25-14-18-6-8-19(9-7-18)21(28)29-5-2)26-12-10-17(3)20(15-26)27-13-11-23-16-27/h6-9,11,13,16-17,20H,4-5,10,12,14-15H2,1-3H3,(H,24,25). The van der Waals surface area contributed by atoms with Crippen molar-refractivity contribution in [2.45, 2.75) is 39.8 Å². The molecule has 2 unspecified atom stereocenters. The lowest BCUT2D eigenvalue weighted by molar-refractivity contribution is 0.0526. The van der Waals surface area contributed by atoms with Crippen LogP contribution in [-0.4, -0.2) is 52.6 Å². The lowest BCUT2D eigenvalue weighted by Crippen LogP contribution is -2.49. The minimum Gasteiger partial charge on any atom is -0.462 e. The fourth-order valence-electron chi connectivity index (χ4n) is 3.65. The van der Waals surface area contributed by atoms with E-state index in [0.29, 0.717) is 30.7 Å². The fraction of sp³-hybridized carbons (Fsp3) is 0.500. The molecule has 7 heteroatoms. The van der Waals surface area contributed by atoms with Crippen LogP contribution < -0.4 is 5.32 Å². The first-order valence-electron chi connectivity index (χ1n) is 10.4. The van der Waals surface area contributed by atoms with E-state index in [1.807, 2.05) is 37.8 Å². The molecule has 1 aliphatic rings. The van der Waals surface area contributed by atoms with Crippen LogP contribution in [0.4, 0.5) is 0 Å². The molecule has 2 heterocycles. The number of aliphatic imine (C=N–C) groups is 1. The van der Waals surface area contributed by atoms with Crippen molar-refractivity contribution in [3.63, 3.8) is 0 Å². The maximum Gasteiger partial charge on any atom is 0.338 e. The topological polar surface area (TPSA) is 71.8 Å². The van der Waals surface area contributed by atoms with E-state index in [-0.39, 0.29) is 5.97 Å². The van der Waals surface area contributed by atoms with Gasteiger partial charge in [0.25, 0.3) is 0 Å². The van der Waals surface area contributed by atoms with E-state index in [1.165, 1.54) is 0 Å². The van der Waals surface area contributed by atoms with Gasteiger partial charge in [0.1, 0.15) is 0 Å². The van der Waals surface area contributed by atoms with Crippen molar-refractivity contribution in [1.82, 2.24) is 19.8 Å². The molecule has 156 valence electrons. The maximum atomic E-state index is 11.8. The number of hydrogen-bond donors (Lipinski definition) is 1. The zero-order valence-electron chi connectivity index (χ0n) is 17.5. The van der Waals surface area contributed by atoms with Gasteiger partial charge in [-0.2, -0.15) is 0 Å². The first-order chi connectivity index (χ1) is 14.1. The Morgan fingerprint density at radius 1 is 1.31 bits per heavy atom. The monoisotopic (exact) mass is 397 g/mol. The smallest absolute Gasteiger partial charge is 0.338 e. The molecule has 1 N–H and O–H groups in total. The van der Waals surface area contributed by atoms with Gasteiger partial charge in [-0.05, 0) is 43.9 Å². The Labute approximate surface area is 172 Å². The largest absolute Gasteiger partial charge is 0.462 e. The molecule has 7 nitrogen and oxygen atoms in total. The molecule has 0 bridgehead atoms. The first kappa shape index (κ1) is 20.9. The molecule has 2 atom stereocenters. The zero-order chi connectivity index (χ0) is 20.6. The van der Waals surface area contributed by atoms with Crippen molar-refractivity contribution >= 4 is 11.9 Å². The van der Waals surface area contributed by atoms with Crippen molar-refractivity contribution in [3.05, 3.63) is 54.1 Å². The van der Waals surface area contributed by atoms with Gasteiger partial charge in [0, 0.05) is 32.0 Å². The van der Waals surface area contributed by atoms with Gasteiger partial charge in [-0.25, -0.2) is 14.8 Å². The Bertz CT molecular complexity index is 801. The number of benzene rings is 1. The molecule has 1 fully saturated rings. The number of nitrogens with one attached hydrogen (secondary N) is 1. The van der Waals surface area contributed by atoms with Crippen molar-refractivity contribution in [1.29, 1.82) is 0 Å². The van der Waals surface area contributed by atoms with E-state index in [4.69, 9.17) is 9.73 Å². The molecule has 0 radical (unpaired) electrons. The molecule has 29 heavy (non-hydrogen) atoms. The van der Waals surface area contributed by atoms with Gasteiger partial charge in [-0.1, -0.05) is 19.1 Å². The van der Waals surface area contributed by atoms with Crippen molar-refractivity contribution in [2.24, 2.45) is 10.9 Å². The molecule has 0 spiro atoms. The summed E-state index contributed by atoms with van der Waals surface area (Å²) in [5, 5.41) is 3.43. The normalized spacial score (nSPS) is 19.8. The molecule has 1 aromatic carbocycles. The Morgan fingerprint density at radius 3 is 2.76 bits per heavy atom. The Morgan fingerprint density at radius 2 is 2.10 bits per heavy atom. The van der Waals surface area contributed by atoms with E-state index in [0.717, 1.165) is 37.6 Å². The third-order valence-corrected chi connectivity index (χ3v) is 5.34. The highest BCUT2D eigenvalue weighted by Crippen LogP contribution is 2.27. The summed E-state index contributed by atoms with van der Waals surface area (Å²) in [4.78, 5) is 23.2. The van der Waals surface area contributed by atoms with E-state index < -0.39 is 0 Å². The predicted octanol–water partition coefficient (Wildman–Crippen LogP) is 3.11. The highest BCUT2D eigenvalue weighted by atomic mass is 16.5. The number of aromatic nitrogens is 2. The third-order valence-electron chi connectivity index (χ3n) is 5.34. The van der Waals surface area contributed by atoms with E-state index >= 15 is 0 Å². The quantitative estimate of drug-likeness (QED) is 0.461. The second-order valence-corrected chi connectivity index (χ2v) is 7.38. The molecular weight excluding hydrogens is 366 g/mol. The van der Waals surface area contributed by atoms with Crippen molar-refractivity contribution in [3.8, 4) is 0 Å². The summed E-state index contributed by atoms with van der Waals surface area (Å²) in [5.74, 6) is 1.24. The number of imidazole rings is 1. The lowest BCUT2D eigenvalue weighted by Gasteiger charge is -2.39. The fourth-order valence-corrected chi connectivity index (χ4v) is 3.65. The number of ether oxygens (including phenoxy) is 1. The number of hydrogen-bond acceptors (Lipinski definition) is 4. The van der Waals surface area contributed by atoms with Crippen LogP contribution >= 0.6 is 0 Å². The van der Waals surface area contributed by atoms with Crippen LogP contribution in [0.3, 0.4) is 0 Å². The number of likely N-dealkylation sites (tertiary alicyclic amines) is 1. The van der Waals surface area contributed by atoms with E-state index in [1.54, 1.807) is 12.1 Å². The Kier molecular flexibility index (Phi) is 7.27. The van der Waals surface area contributed by atoms with Crippen molar-refractivity contribution < 1.29 is 9.53 Å². The molecule has 0 aliphatic carbocycles. The summed E-state index contributed by atoms with van der Waals surface area (Å²) in [5.41, 5.74) is 1.63. The summed E-state index contributed by atoms with van der Waals surface area (Å²) >= 11 is 0. The molecule has 0 saturated carbocycles. The summed E-state index contributed by atoms with van der Waals surface area (Å²) in [6, 6.07) is 7.86. The molecule has 0 amide bonds. The molecular formula is C22H31N5O2. The minimum atomic E-state index is -0.288. The second kappa shape index (κ2) is 10.1. The van der Waals surface area contributed by atoms with Gasteiger partial charge in [0.2, 0.25) is 0 Å². The average molecular weight is 398 g/mol. The van der Waals surface area contributed by atoms with Crippen LogP contribution in [0.15, 0.2) is 48.0 Å². The van der Waals surface area contributed by atoms with Crippen LogP contribution in [-0.2, 0) is 11.3 Å². The minimum absolute atomic E-state index is 0.288. The Balaban J connectivity index is 1.68. The SMILES string of the molecule is CCNC(=NCc1ccc(C(=O)OCC)cc1)N1CCC(C)C(n2ccnc2)C1. The number of carbonyl (C=O) groups is 1. The van der Waals surface area contributed by atoms with Crippen LogP contribution in [0.5, 0.6) is 0 Å². The zero-order valence-corrected chi connectivity index (χ0v) is 17.5. The van der Waals surface area contributed by atoms with Crippen LogP contribution in [0.25, 0.3) is 0 Å². The molecule has 2 aromatic rings. The highest BCUT2D eigenvalue weighted by Gasteiger charge is 2.28. The highest BCUT2D eigenvalue weighted by molar-refractivity contribution is 5.89. The van der Waals surface area contributed by atoms with Gasteiger partial charge < -0.3 is 19.5 Å². The number of nitrogens with zero attached hydrogens (tertiary/aromatic N) is 4. The summed E-state index contributed by atoms with van der Waals surface area (Å²) < 4.78 is 7.24. The van der Waals surface area contributed by atoms with E-state index in [9.17, 15) is 4.79 Å². The maximum absolute atomic E-state index is 11.8. The van der Waals surface area contributed by atoms with Gasteiger partial charge >= 0.3 is 5.97 Å². The van der Waals surface area contributed by atoms with Gasteiger partial charge in [-0.15, -0.1) is 0 Å². The average Bonchev–Trinajstić information content (AvgIpc) is 3.27. The molecule has 3 rings (SSSR count). The number of carbonyl (C=O) groups excluding carboxylic acids is 1. The van der Waals surface area contributed by atoms with Gasteiger partial charge in [-0.3, -0.25) is 0 Å². The van der Waals surface area contributed by atoms with Gasteiger partial charge in [0.15, 0.2) is 5.96 Å². The number of guanidine groups is 1. The van der Waals surface area contributed by atoms with Gasteiger partial charge in [0.05, 0.1) is 31.1 Å². The number of esters is 1. The predicted molar refractivity (Wildman–Crippen MR) is 114 cm³/mol. The first-order valence-corrected chi connectivity index (χ1v) is 10.4. The van der Waals surface area contributed by atoms with Crippen LogP contribution in [0, 0.1) is 5.92 Å². The lowest BCUT2D eigenvalue weighted by atomic mass is 9.93. The van der Waals surface area contributed by atoms with E-state index in [2.05, 4.69) is 33.6 Å². The molecule has 1 aromatic heterocycles. The van der Waals surface area contributed by atoms with Crippen LogP contribution in [0.1, 0.15) is 49.2 Å². The summed E-state index contributed by atoms with van der Waals surface area (Å²) in [6.07, 6.45) is 6.89. The summed E-state index contributed by atoms with van der Waals surface area (Å²) in [6.45, 7) is 9.86. The van der Waals surface area contributed by atoms with Crippen LogP contribution in [0.2, 0.25) is 0 Å². The Hall–Kier alpha value is -2.83. The molecule has 1 saturated heterocycles. The third kappa shape index (κ3) is 5.37.